The summed E-state index contributed by atoms with van der Waals surface area (Å²) in [6.07, 6.45) is 19.0. The first kappa shape index (κ1) is 23.3. The van der Waals surface area contributed by atoms with Crippen LogP contribution < -0.4 is 0 Å². The molecule has 1 unspecified atom stereocenters. The SMILES string of the molecule is C=C(CC1C=CC=CC1)N(C=NCc1ccccc1)/C=C\N(C)CCCc1ccccc1. The highest BCUT2D eigenvalue weighted by Crippen LogP contribution is 2.21. The third-order valence-corrected chi connectivity index (χ3v) is 5.56. The highest BCUT2D eigenvalue weighted by Gasteiger charge is 2.11. The normalized spacial score (nSPS) is 15.5. The minimum absolute atomic E-state index is 0.495. The van der Waals surface area contributed by atoms with Crippen LogP contribution >= 0.6 is 0 Å². The van der Waals surface area contributed by atoms with Gasteiger partial charge in [-0.2, -0.15) is 0 Å². The van der Waals surface area contributed by atoms with Gasteiger partial charge in [-0.1, -0.05) is 91.5 Å². The van der Waals surface area contributed by atoms with Gasteiger partial charge in [0.25, 0.3) is 0 Å². The van der Waals surface area contributed by atoms with Gasteiger partial charge in [-0.15, -0.1) is 0 Å². The molecule has 0 fully saturated rings. The van der Waals surface area contributed by atoms with Gasteiger partial charge in [0.2, 0.25) is 0 Å². The van der Waals surface area contributed by atoms with Gasteiger partial charge in [-0.3, -0.25) is 4.99 Å². The Morgan fingerprint density at radius 2 is 1.72 bits per heavy atom. The lowest BCUT2D eigenvalue weighted by molar-refractivity contribution is 0.436. The van der Waals surface area contributed by atoms with Gasteiger partial charge in [0.1, 0.15) is 0 Å². The predicted octanol–water partition coefficient (Wildman–Crippen LogP) is 6.59. The molecule has 1 aliphatic rings. The maximum atomic E-state index is 4.67. The molecular weight excluding hydrogens is 390 g/mol. The molecule has 1 atom stereocenters. The van der Waals surface area contributed by atoms with Crippen LogP contribution in [0, 0.1) is 5.92 Å². The summed E-state index contributed by atoms with van der Waals surface area (Å²) < 4.78 is 0. The zero-order valence-electron chi connectivity index (χ0n) is 19.2. The molecule has 1 aliphatic carbocycles. The van der Waals surface area contributed by atoms with Gasteiger partial charge in [-0.05, 0) is 42.7 Å². The van der Waals surface area contributed by atoms with Crippen molar-refractivity contribution in [1.82, 2.24) is 9.80 Å². The molecule has 2 aromatic carbocycles. The van der Waals surface area contributed by atoms with E-state index in [1.165, 1.54) is 11.1 Å². The molecule has 0 amide bonds. The number of rotatable bonds is 12. The van der Waals surface area contributed by atoms with Crippen molar-refractivity contribution >= 4 is 6.34 Å². The van der Waals surface area contributed by atoms with Crippen LogP contribution in [-0.4, -0.2) is 29.7 Å². The summed E-state index contributed by atoms with van der Waals surface area (Å²) in [4.78, 5) is 8.98. The molecule has 0 heterocycles. The van der Waals surface area contributed by atoms with Crippen LogP contribution in [0.25, 0.3) is 0 Å². The number of benzene rings is 2. The molecule has 0 bridgehead atoms. The molecular formula is C29H35N3. The Kier molecular flexibility index (Phi) is 9.60. The molecule has 32 heavy (non-hydrogen) atoms. The van der Waals surface area contributed by atoms with Crippen molar-refractivity contribution < 1.29 is 0 Å². The molecule has 0 saturated carbocycles. The summed E-state index contributed by atoms with van der Waals surface area (Å²) >= 11 is 0. The van der Waals surface area contributed by atoms with Crippen molar-refractivity contribution in [2.45, 2.75) is 32.2 Å². The smallest absolute Gasteiger partial charge is 0.0937 e. The molecule has 0 spiro atoms. The van der Waals surface area contributed by atoms with Crippen molar-refractivity contribution in [3.05, 3.63) is 121 Å². The summed E-state index contributed by atoms with van der Waals surface area (Å²) in [5.74, 6) is 0.495. The number of allylic oxidation sites excluding steroid dienone is 5. The second-order valence-corrected chi connectivity index (χ2v) is 8.30. The average molecular weight is 426 g/mol. The van der Waals surface area contributed by atoms with Crippen molar-refractivity contribution in [3.8, 4) is 0 Å². The summed E-state index contributed by atoms with van der Waals surface area (Å²) in [6, 6.07) is 21.0. The summed E-state index contributed by atoms with van der Waals surface area (Å²) in [7, 11) is 2.12. The molecule has 166 valence electrons. The number of aliphatic imine (C=N–C) groups is 1. The van der Waals surface area contributed by atoms with Crippen molar-refractivity contribution in [2.24, 2.45) is 10.9 Å². The van der Waals surface area contributed by atoms with E-state index in [-0.39, 0.29) is 0 Å². The Hall–Kier alpha value is -3.33. The number of aryl methyl sites for hydroxylation is 1. The van der Waals surface area contributed by atoms with E-state index in [0.29, 0.717) is 12.5 Å². The molecule has 3 heteroatoms. The Morgan fingerprint density at radius 1 is 1.00 bits per heavy atom. The van der Waals surface area contributed by atoms with Gasteiger partial charge in [0, 0.05) is 31.7 Å². The second kappa shape index (κ2) is 13.2. The fourth-order valence-electron chi connectivity index (χ4n) is 3.67. The minimum Gasteiger partial charge on any atom is -0.379 e. The lowest BCUT2D eigenvalue weighted by Gasteiger charge is -2.23. The van der Waals surface area contributed by atoms with Crippen LogP contribution in [0.4, 0.5) is 0 Å². The van der Waals surface area contributed by atoms with Crippen LogP contribution in [0.15, 0.2) is 115 Å². The first-order chi connectivity index (χ1) is 15.7. The van der Waals surface area contributed by atoms with E-state index in [1.807, 2.05) is 12.4 Å². The van der Waals surface area contributed by atoms with Gasteiger partial charge in [0.05, 0.1) is 12.9 Å². The average Bonchev–Trinajstić information content (AvgIpc) is 2.83. The van der Waals surface area contributed by atoms with Crippen molar-refractivity contribution in [1.29, 1.82) is 0 Å². The summed E-state index contributed by atoms with van der Waals surface area (Å²) in [5.41, 5.74) is 3.65. The molecule has 0 aromatic heterocycles. The molecule has 0 saturated heterocycles. The summed E-state index contributed by atoms with van der Waals surface area (Å²) in [5, 5.41) is 0. The number of nitrogens with zero attached hydrogens (tertiary/aromatic N) is 3. The lowest BCUT2D eigenvalue weighted by Crippen LogP contribution is -2.19. The maximum Gasteiger partial charge on any atom is 0.0937 e. The van der Waals surface area contributed by atoms with E-state index in [2.05, 4.69) is 120 Å². The third-order valence-electron chi connectivity index (χ3n) is 5.56. The van der Waals surface area contributed by atoms with E-state index >= 15 is 0 Å². The third kappa shape index (κ3) is 8.43. The van der Waals surface area contributed by atoms with Crippen LogP contribution in [-0.2, 0) is 13.0 Å². The molecule has 2 aromatic rings. The quantitative estimate of drug-likeness (QED) is 0.282. The first-order valence-electron chi connectivity index (χ1n) is 11.5. The Morgan fingerprint density at radius 3 is 2.41 bits per heavy atom. The van der Waals surface area contributed by atoms with Crippen molar-refractivity contribution in [2.75, 3.05) is 13.6 Å². The van der Waals surface area contributed by atoms with Gasteiger partial charge < -0.3 is 9.80 Å². The van der Waals surface area contributed by atoms with Crippen LogP contribution in [0.2, 0.25) is 0 Å². The Balaban J connectivity index is 1.56. The zero-order valence-corrected chi connectivity index (χ0v) is 19.2. The Labute approximate surface area is 193 Å². The number of hydrogen-bond acceptors (Lipinski definition) is 2. The fourth-order valence-corrected chi connectivity index (χ4v) is 3.67. The predicted molar refractivity (Wildman–Crippen MR) is 137 cm³/mol. The maximum absolute atomic E-state index is 4.67. The Bertz CT molecular complexity index is 925. The van der Waals surface area contributed by atoms with E-state index in [9.17, 15) is 0 Å². The second-order valence-electron chi connectivity index (χ2n) is 8.30. The topological polar surface area (TPSA) is 18.8 Å². The number of hydrogen-bond donors (Lipinski definition) is 0. The molecule has 0 N–H and O–H groups in total. The van der Waals surface area contributed by atoms with E-state index in [1.54, 1.807) is 0 Å². The van der Waals surface area contributed by atoms with Gasteiger partial charge in [-0.25, -0.2) is 0 Å². The van der Waals surface area contributed by atoms with E-state index in [0.717, 1.165) is 37.9 Å². The molecule has 0 radical (unpaired) electrons. The van der Waals surface area contributed by atoms with Crippen LogP contribution in [0.3, 0.4) is 0 Å². The largest absolute Gasteiger partial charge is 0.379 e. The molecule has 3 nitrogen and oxygen atoms in total. The first-order valence-corrected chi connectivity index (χ1v) is 11.5. The van der Waals surface area contributed by atoms with E-state index < -0.39 is 0 Å². The lowest BCUT2D eigenvalue weighted by atomic mass is 9.96. The highest BCUT2D eigenvalue weighted by molar-refractivity contribution is 5.59. The van der Waals surface area contributed by atoms with Crippen LogP contribution in [0.5, 0.6) is 0 Å². The van der Waals surface area contributed by atoms with Gasteiger partial charge >= 0.3 is 0 Å². The molecule has 0 aliphatic heterocycles. The zero-order chi connectivity index (χ0) is 22.4. The summed E-state index contributed by atoms with van der Waals surface area (Å²) in [6.45, 7) is 6.03. The van der Waals surface area contributed by atoms with Crippen molar-refractivity contribution in [3.63, 3.8) is 0 Å². The van der Waals surface area contributed by atoms with E-state index in [4.69, 9.17) is 0 Å². The highest BCUT2D eigenvalue weighted by atomic mass is 15.2. The monoisotopic (exact) mass is 425 g/mol. The van der Waals surface area contributed by atoms with Gasteiger partial charge in [0.15, 0.2) is 0 Å². The minimum atomic E-state index is 0.495. The fraction of sp³-hybridized carbons (Fsp3) is 0.276. The standard InChI is InChI=1S/C29H35N3/c1-26(23-28-15-8-4-9-16-28)32(25-30-24-29-17-10-5-11-18-29)22-21-31(2)20-12-19-27-13-6-3-7-14-27/h3-11,13-15,17-18,21-22,25,28H,1,12,16,19-20,23-24H2,2H3/b22-21-,30-25?. The van der Waals surface area contributed by atoms with Crippen LogP contribution in [0.1, 0.15) is 30.4 Å². The molecule has 3 rings (SSSR count).